The van der Waals surface area contributed by atoms with Crippen molar-refractivity contribution in [1.82, 2.24) is 9.88 Å². The van der Waals surface area contributed by atoms with Crippen LogP contribution in [0.5, 0.6) is 0 Å². The summed E-state index contributed by atoms with van der Waals surface area (Å²) >= 11 is 12.0. The molecular weight excluding hydrogens is 451 g/mol. The van der Waals surface area contributed by atoms with Crippen molar-refractivity contribution in [1.29, 1.82) is 0 Å². The van der Waals surface area contributed by atoms with Crippen LogP contribution >= 0.6 is 23.2 Å². The van der Waals surface area contributed by atoms with Crippen molar-refractivity contribution >= 4 is 58.5 Å². The maximum Gasteiger partial charge on any atom is 0.335 e. The standard InChI is InChI=1S/C23H18Cl2N4O3/c1-27(2)14-5-7-15(8-6-14)28-11-3-4-16(28)12-18-21(30)26-23(32)29(22(18)31)17-9-10-19(24)20(25)13-17/h3-13H,1-2H3,(H,26,30,32)/b18-12+. The highest BCUT2D eigenvalue weighted by Gasteiger charge is 2.37. The van der Waals surface area contributed by atoms with Crippen LogP contribution < -0.4 is 15.1 Å². The summed E-state index contributed by atoms with van der Waals surface area (Å²) < 4.78 is 1.84. The Kier molecular flexibility index (Phi) is 5.78. The topological polar surface area (TPSA) is 74.7 Å². The predicted octanol–water partition coefficient (Wildman–Crippen LogP) is 4.52. The summed E-state index contributed by atoms with van der Waals surface area (Å²) in [6.07, 6.45) is 3.28. The number of aromatic nitrogens is 1. The van der Waals surface area contributed by atoms with Gasteiger partial charge in [-0.05, 0) is 60.7 Å². The summed E-state index contributed by atoms with van der Waals surface area (Å²) in [5, 5.41) is 2.67. The number of amides is 4. The molecule has 162 valence electrons. The lowest BCUT2D eigenvalue weighted by Crippen LogP contribution is -2.54. The van der Waals surface area contributed by atoms with Gasteiger partial charge in [-0.1, -0.05) is 23.2 Å². The molecule has 7 nitrogen and oxygen atoms in total. The van der Waals surface area contributed by atoms with Gasteiger partial charge in [-0.3, -0.25) is 14.9 Å². The highest BCUT2D eigenvalue weighted by molar-refractivity contribution is 6.43. The van der Waals surface area contributed by atoms with Gasteiger partial charge in [0, 0.05) is 37.4 Å². The number of nitrogens with zero attached hydrogens (tertiary/aromatic N) is 3. The largest absolute Gasteiger partial charge is 0.378 e. The lowest BCUT2D eigenvalue weighted by Gasteiger charge is -2.26. The number of carbonyl (C=O) groups is 3. The van der Waals surface area contributed by atoms with Crippen LogP contribution in [0.2, 0.25) is 10.0 Å². The van der Waals surface area contributed by atoms with Crippen molar-refractivity contribution in [2.24, 2.45) is 0 Å². The Balaban J connectivity index is 1.71. The molecule has 2 heterocycles. The van der Waals surface area contributed by atoms with Gasteiger partial charge in [-0.15, -0.1) is 0 Å². The summed E-state index contributed by atoms with van der Waals surface area (Å²) in [7, 11) is 3.91. The lowest BCUT2D eigenvalue weighted by atomic mass is 10.1. The smallest absolute Gasteiger partial charge is 0.335 e. The van der Waals surface area contributed by atoms with Crippen LogP contribution in [0.1, 0.15) is 5.69 Å². The molecular formula is C23H18Cl2N4O3. The summed E-state index contributed by atoms with van der Waals surface area (Å²) in [5.74, 6) is -1.53. The number of benzene rings is 2. The zero-order valence-electron chi connectivity index (χ0n) is 17.2. The van der Waals surface area contributed by atoms with Crippen LogP contribution in [0.25, 0.3) is 11.8 Å². The minimum atomic E-state index is -0.856. The average Bonchev–Trinajstić information content (AvgIpc) is 3.22. The van der Waals surface area contributed by atoms with Gasteiger partial charge in [0.2, 0.25) is 0 Å². The molecule has 2 aromatic carbocycles. The fourth-order valence-corrected chi connectivity index (χ4v) is 3.61. The maximum absolute atomic E-state index is 13.1. The molecule has 1 aliphatic rings. The molecule has 32 heavy (non-hydrogen) atoms. The number of barbiturate groups is 1. The van der Waals surface area contributed by atoms with E-state index in [1.807, 2.05) is 54.0 Å². The highest BCUT2D eigenvalue weighted by atomic mass is 35.5. The molecule has 1 fully saturated rings. The molecule has 9 heteroatoms. The van der Waals surface area contributed by atoms with Crippen molar-refractivity contribution < 1.29 is 14.4 Å². The van der Waals surface area contributed by atoms with Gasteiger partial charge in [-0.25, -0.2) is 9.69 Å². The molecule has 1 aromatic heterocycles. The normalized spacial score (nSPS) is 15.3. The number of nitrogens with one attached hydrogen (secondary N) is 1. The zero-order valence-corrected chi connectivity index (χ0v) is 18.7. The molecule has 1 aliphatic heterocycles. The summed E-state index contributed by atoms with van der Waals surface area (Å²) in [5.41, 5.74) is 2.52. The van der Waals surface area contributed by atoms with Crippen molar-refractivity contribution in [3.05, 3.63) is 82.1 Å². The Hall–Kier alpha value is -3.55. The summed E-state index contributed by atoms with van der Waals surface area (Å²) in [6.45, 7) is 0. The van der Waals surface area contributed by atoms with Gasteiger partial charge in [0.1, 0.15) is 5.57 Å². The van der Waals surface area contributed by atoms with Crippen molar-refractivity contribution in [2.45, 2.75) is 0 Å². The van der Waals surface area contributed by atoms with Crippen LogP contribution in [-0.4, -0.2) is 36.5 Å². The van der Waals surface area contributed by atoms with E-state index in [-0.39, 0.29) is 21.3 Å². The van der Waals surface area contributed by atoms with E-state index in [9.17, 15) is 14.4 Å². The van der Waals surface area contributed by atoms with Crippen LogP contribution in [0.15, 0.2) is 66.4 Å². The average molecular weight is 469 g/mol. The molecule has 4 rings (SSSR count). The van der Waals surface area contributed by atoms with Crippen molar-refractivity contribution in [3.63, 3.8) is 0 Å². The molecule has 0 saturated carbocycles. The van der Waals surface area contributed by atoms with Gasteiger partial charge < -0.3 is 9.47 Å². The number of carbonyl (C=O) groups excluding carboxylic acids is 3. The SMILES string of the molecule is CN(C)c1ccc(-n2cccc2/C=C2\C(=O)NC(=O)N(c3ccc(Cl)c(Cl)c3)C2=O)cc1. The second-order valence-corrected chi connectivity index (χ2v) is 8.08. The monoisotopic (exact) mass is 468 g/mol. The second-order valence-electron chi connectivity index (χ2n) is 7.27. The fourth-order valence-electron chi connectivity index (χ4n) is 3.32. The minimum absolute atomic E-state index is 0.180. The Labute approximate surface area is 194 Å². The van der Waals surface area contributed by atoms with E-state index < -0.39 is 17.8 Å². The molecule has 3 aromatic rings. The van der Waals surface area contributed by atoms with Crippen LogP contribution in [0.3, 0.4) is 0 Å². The molecule has 0 unspecified atom stereocenters. The van der Waals surface area contributed by atoms with E-state index in [1.165, 1.54) is 24.3 Å². The van der Waals surface area contributed by atoms with Crippen LogP contribution in [-0.2, 0) is 9.59 Å². The summed E-state index contributed by atoms with van der Waals surface area (Å²) in [6, 6.07) is 14.9. The maximum atomic E-state index is 13.1. The fraction of sp³-hybridized carbons (Fsp3) is 0.0870. The first-order valence-corrected chi connectivity index (χ1v) is 10.3. The third-order valence-corrected chi connectivity index (χ3v) is 5.72. The highest BCUT2D eigenvalue weighted by Crippen LogP contribution is 2.29. The van der Waals surface area contributed by atoms with Gasteiger partial charge in [0.15, 0.2) is 0 Å². The number of hydrogen-bond acceptors (Lipinski definition) is 4. The van der Waals surface area contributed by atoms with Gasteiger partial charge >= 0.3 is 6.03 Å². The first-order valence-electron chi connectivity index (χ1n) is 9.58. The van der Waals surface area contributed by atoms with Gasteiger partial charge in [0.25, 0.3) is 11.8 Å². The quantitative estimate of drug-likeness (QED) is 0.451. The zero-order chi connectivity index (χ0) is 23.0. The van der Waals surface area contributed by atoms with E-state index in [4.69, 9.17) is 23.2 Å². The second kappa shape index (κ2) is 8.53. The third-order valence-electron chi connectivity index (χ3n) is 4.98. The van der Waals surface area contributed by atoms with E-state index in [2.05, 4.69) is 5.32 Å². The molecule has 0 spiro atoms. The van der Waals surface area contributed by atoms with Gasteiger partial charge in [0.05, 0.1) is 15.7 Å². The minimum Gasteiger partial charge on any atom is -0.378 e. The number of imide groups is 2. The number of rotatable bonds is 4. The molecule has 0 bridgehead atoms. The van der Waals surface area contributed by atoms with Crippen molar-refractivity contribution in [2.75, 3.05) is 23.9 Å². The Bertz CT molecular complexity index is 1260. The van der Waals surface area contributed by atoms with E-state index >= 15 is 0 Å². The van der Waals surface area contributed by atoms with E-state index in [0.717, 1.165) is 16.3 Å². The first kappa shape index (κ1) is 21.7. The van der Waals surface area contributed by atoms with Crippen molar-refractivity contribution in [3.8, 4) is 5.69 Å². The number of urea groups is 1. The van der Waals surface area contributed by atoms with Gasteiger partial charge in [-0.2, -0.15) is 0 Å². The first-order chi connectivity index (χ1) is 15.3. The summed E-state index contributed by atoms with van der Waals surface area (Å²) in [4.78, 5) is 40.9. The van der Waals surface area contributed by atoms with E-state index in [1.54, 1.807) is 12.1 Å². The Morgan fingerprint density at radius 3 is 2.25 bits per heavy atom. The number of hydrogen-bond donors (Lipinski definition) is 1. The molecule has 0 aliphatic carbocycles. The predicted molar refractivity (Wildman–Crippen MR) is 126 cm³/mol. The number of anilines is 2. The Morgan fingerprint density at radius 2 is 1.59 bits per heavy atom. The lowest BCUT2D eigenvalue weighted by molar-refractivity contribution is -0.122. The van der Waals surface area contributed by atoms with E-state index in [0.29, 0.717) is 5.69 Å². The molecule has 0 radical (unpaired) electrons. The van der Waals surface area contributed by atoms with Crippen LogP contribution in [0, 0.1) is 0 Å². The molecule has 4 amide bonds. The number of halogens is 2. The molecule has 1 N–H and O–H groups in total. The van der Waals surface area contributed by atoms with Crippen LogP contribution in [0.4, 0.5) is 16.2 Å². The molecule has 1 saturated heterocycles. The third kappa shape index (κ3) is 4.00. The Morgan fingerprint density at radius 1 is 0.906 bits per heavy atom. The molecule has 0 atom stereocenters.